The van der Waals surface area contributed by atoms with Crippen LogP contribution in [-0.4, -0.2) is 80.9 Å². The maximum Gasteiger partial charge on any atom is 0.241 e. The first-order valence-corrected chi connectivity index (χ1v) is 58.7. The molecule has 0 aliphatic rings. The fourth-order valence-electron chi connectivity index (χ4n) is 23.2. The first-order chi connectivity index (χ1) is 72.2. The third-order valence-corrected chi connectivity index (χ3v) is 49.1. The quantitative estimate of drug-likeness (QED) is 0.0638. The summed E-state index contributed by atoms with van der Waals surface area (Å²) >= 11 is 16.0. The van der Waals surface area contributed by atoms with E-state index in [9.17, 15) is 0 Å². The van der Waals surface area contributed by atoms with Gasteiger partial charge in [-0.25, -0.2) is 0 Å². The van der Waals surface area contributed by atoms with Gasteiger partial charge in [0.1, 0.15) is 0 Å². The summed E-state index contributed by atoms with van der Waals surface area (Å²) in [6.07, 6.45) is 0. The number of halogens is 3. The van der Waals surface area contributed by atoms with Crippen LogP contribution in [0.4, 0.5) is 0 Å². The molecule has 17 heteroatoms. The highest BCUT2D eigenvalue weighted by Crippen LogP contribution is 2.39. The standard InChI is InChI=1S/C96H72N6Si3.C31H25NSi.C3Cl3N3/c1-67-49-55-88-82(61-67)83-62-68(2)50-56-89(83)100(88)94-97-95(101-90-57-51-69(3)63-84(90)85-64-79(52-58-91(85)101)103(70-31-13-4-14-32-70,71-33-15-5-16-34-71)72-35-17-6-18-36-72)99-96(98-94)102-92-59-53-80(104(73-37-19-7-20-38-73,74-39-21-8-22-40-74)75-41-23-9-24-42-75)65-86(92)87-66-81(54-60-93(87)102)105(76-43-25-10-26-44-76,77-45-27-11-28-46-77)78-47-29-12-30-48-78;1-23-17-19-30-28(21-23)29-22-27(18-20-31(29)32-30)33(24-11-5-2-6-12-24,25-13-7-3-8-14-25)26-15-9-4-10-16-26;4-1-7-2(5)9-3(6)8-1/h4-66H,1-3H3;2-22,32H,1H3;. The Morgan fingerprint density at radius 3 is 0.531 bits per heavy atom. The van der Waals surface area contributed by atoms with Crippen molar-refractivity contribution < 1.29 is 0 Å². The third kappa shape index (κ3) is 16.2. The lowest BCUT2D eigenvalue weighted by molar-refractivity contribution is 0.848. The number of hydrogen-bond donors (Lipinski definition) is 1. The first kappa shape index (κ1) is 92.7. The minimum absolute atomic E-state index is 0.000000000000000444. The maximum absolute atomic E-state index is 6.00. The fraction of sp³-hybridized carbons (Fsp3) is 0.0308. The van der Waals surface area contributed by atoms with Crippen molar-refractivity contribution in [1.82, 2.24) is 48.6 Å². The Kier molecular flexibility index (Phi) is 24.7. The van der Waals surface area contributed by atoms with Gasteiger partial charge in [0.15, 0.2) is 32.3 Å². The van der Waals surface area contributed by atoms with Gasteiger partial charge in [-0.1, -0.05) is 459 Å². The van der Waals surface area contributed by atoms with E-state index in [2.05, 4.69) is 571 Å². The van der Waals surface area contributed by atoms with E-state index >= 15 is 0 Å². The predicted octanol–water partition coefficient (Wildman–Crippen LogP) is 21.1. The second kappa shape index (κ2) is 39.1. The van der Waals surface area contributed by atoms with Crippen LogP contribution in [0.25, 0.3) is 105 Å². The van der Waals surface area contributed by atoms with Crippen molar-refractivity contribution in [3.05, 3.63) is 548 Å². The number of aromatic amines is 1. The lowest BCUT2D eigenvalue weighted by atomic mass is 10.1. The van der Waals surface area contributed by atoms with Crippen LogP contribution in [0.3, 0.4) is 0 Å². The first-order valence-electron chi connectivity index (χ1n) is 49.6. The SMILES string of the molecule is Cc1ccc2[nH]c3ccc([Si](c4ccccc4)(c4ccccc4)c4ccccc4)cc3c2c1.Cc1ccc2c(c1)c1cc(C)ccc1n2-c1nc(-n2c3ccc(C)cc3c3cc([Si](c4ccccc4)(c4ccccc4)c4ccccc4)ccc32)nc(-n2c3ccc([Si](c4ccccc4)(c4ccccc4)c4ccccc4)cc3c3cc([Si](c4ccccc4)(c4ccccc4)c4ccccc4)ccc32)n1.Clc1nc(Cl)nc(Cl)n1. The Bertz CT molecular complexity index is 8690. The Morgan fingerprint density at radius 2 is 0.320 bits per heavy atom. The van der Waals surface area contributed by atoms with E-state index in [0.29, 0.717) is 17.8 Å². The summed E-state index contributed by atoms with van der Waals surface area (Å²) in [6, 6.07) is 191. The van der Waals surface area contributed by atoms with E-state index in [0.717, 1.165) is 65.4 Å². The van der Waals surface area contributed by atoms with E-state index in [4.69, 9.17) is 49.8 Å². The van der Waals surface area contributed by atoms with Crippen LogP contribution in [0, 0.1) is 27.7 Å². The third-order valence-electron chi connectivity index (χ3n) is 29.5. The number of fused-ring (bicyclic) bond motifs is 12. The lowest BCUT2D eigenvalue weighted by Crippen LogP contribution is -2.74. The van der Waals surface area contributed by atoms with E-state index in [-0.39, 0.29) is 15.9 Å². The number of H-pyrrole nitrogens is 1. The molecule has 0 aliphatic heterocycles. The lowest BCUT2D eigenvalue weighted by Gasteiger charge is -2.34. The number of rotatable bonds is 19. The zero-order valence-corrected chi connectivity index (χ0v) is 87.4. The number of hydrogen-bond acceptors (Lipinski definition) is 6. The van der Waals surface area contributed by atoms with E-state index in [1.54, 1.807) is 0 Å². The van der Waals surface area contributed by atoms with Crippen LogP contribution in [-0.2, 0) is 0 Å². The van der Waals surface area contributed by atoms with Gasteiger partial charge in [0.05, 0.1) is 33.1 Å². The molecule has 6 heterocycles. The molecule has 26 rings (SSSR count). The molecular formula is C130H97Cl3N10Si4. The van der Waals surface area contributed by atoms with Crippen LogP contribution in [0.2, 0.25) is 15.9 Å². The molecule has 0 aliphatic carbocycles. The second-order valence-corrected chi connectivity index (χ2v) is 54.2. The molecule has 0 fully saturated rings. The Balaban J connectivity index is 0.000000226. The number of aromatic nitrogens is 10. The average molecular weight is 2020 g/mol. The van der Waals surface area contributed by atoms with Crippen LogP contribution in [0.15, 0.2) is 510 Å². The van der Waals surface area contributed by atoms with Crippen molar-refractivity contribution in [2.75, 3.05) is 0 Å². The predicted molar refractivity (Wildman–Crippen MR) is 627 cm³/mol. The topological polar surface area (TPSA) is 108 Å². The molecule has 0 radical (unpaired) electrons. The van der Waals surface area contributed by atoms with Crippen LogP contribution in [0.1, 0.15) is 22.3 Å². The molecule has 1 N–H and O–H groups in total. The Labute approximate surface area is 872 Å². The minimum atomic E-state index is -3.11. The second-order valence-electron chi connectivity index (χ2n) is 38.0. The smallest absolute Gasteiger partial charge is 0.241 e. The van der Waals surface area contributed by atoms with Gasteiger partial charge in [-0.05, 0) is 218 Å². The fourth-order valence-corrected chi connectivity index (χ4v) is 42.9. The summed E-state index contributed by atoms with van der Waals surface area (Å²) in [5, 5.41) is 30.6. The summed E-state index contributed by atoms with van der Waals surface area (Å²) in [7, 11) is -11.7. The van der Waals surface area contributed by atoms with Crippen LogP contribution in [0.5, 0.6) is 0 Å². The van der Waals surface area contributed by atoms with Crippen molar-refractivity contribution in [2.45, 2.75) is 27.7 Å². The highest BCUT2D eigenvalue weighted by atomic mass is 35.5. The highest BCUT2D eigenvalue weighted by molar-refractivity contribution is 7.22. The molecule has 6 aromatic heterocycles. The van der Waals surface area contributed by atoms with Gasteiger partial charge < -0.3 is 4.98 Å². The molecule has 0 bridgehead atoms. The number of aryl methyl sites for hydroxylation is 4. The molecule has 0 spiro atoms. The molecule has 704 valence electrons. The molecule has 10 nitrogen and oxygen atoms in total. The molecular weight excluding hydrogens is 1920 g/mol. The largest absolute Gasteiger partial charge is 0.355 e. The van der Waals surface area contributed by atoms with Crippen molar-refractivity contribution in [1.29, 1.82) is 0 Å². The zero-order chi connectivity index (χ0) is 99.3. The summed E-state index contributed by atoms with van der Waals surface area (Å²) in [5.74, 6) is 1.53. The summed E-state index contributed by atoms with van der Waals surface area (Å²) in [6.45, 7) is 8.72. The Hall–Kier alpha value is -16.6. The molecule has 20 aromatic carbocycles. The molecule has 0 saturated carbocycles. The maximum atomic E-state index is 6.00. The summed E-state index contributed by atoms with van der Waals surface area (Å²) in [5.41, 5.74) is 13.2. The van der Waals surface area contributed by atoms with Gasteiger partial charge in [0, 0.05) is 54.1 Å². The van der Waals surface area contributed by atoms with Gasteiger partial charge in [0.25, 0.3) is 0 Å². The molecule has 0 atom stereocenters. The van der Waals surface area contributed by atoms with Gasteiger partial charge in [-0.3, -0.25) is 13.7 Å². The van der Waals surface area contributed by atoms with Crippen LogP contribution < -0.4 is 83.0 Å². The number of benzene rings is 20. The minimum Gasteiger partial charge on any atom is -0.355 e. The highest BCUT2D eigenvalue weighted by Gasteiger charge is 2.47. The molecule has 26 aromatic rings. The van der Waals surface area contributed by atoms with Gasteiger partial charge in [0.2, 0.25) is 33.7 Å². The number of nitrogens with one attached hydrogen (secondary N) is 1. The van der Waals surface area contributed by atoms with Gasteiger partial charge in [-0.2, -0.15) is 29.9 Å². The summed E-state index contributed by atoms with van der Waals surface area (Å²) in [4.78, 5) is 31.8. The molecule has 0 saturated heterocycles. The normalized spacial score (nSPS) is 11.9. The van der Waals surface area contributed by atoms with Gasteiger partial charge in [-0.15, -0.1) is 0 Å². The van der Waals surface area contributed by atoms with Crippen molar-refractivity contribution >= 4 is 237 Å². The van der Waals surface area contributed by atoms with Crippen LogP contribution >= 0.6 is 34.8 Å². The zero-order valence-electron chi connectivity index (χ0n) is 81.2. The summed E-state index contributed by atoms with van der Waals surface area (Å²) < 4.78 is 6.93. The average Bonchev–Trinajstić information content (AvgIpc) is 1.58. The van der Waals surface area contributed by atoms with E-state index in [1.807, 2.05) is 0 Å². The molecule has 147 heavy (non-hydrogen) atoms. The Morgan fingerprint density at radius 1 is 0.163 bits per heavy atom. The van der Waals surface area contributed by atoms with E-state index in [1.165, 1.54) is 127 Å². The van der Waals surface area contributed by atoms with Crippen molar-refractivity contribution in [2.24, 2.45) is 0 Å². The monoisotopic (exact) mass is 2010 g/mol. The number of nitrogens with zero attached hydrogens (tertiary/aromatic N) is 9. The van der Waals surface area contributed by atoms with Crippen molar-refractivity contribution in [3.8, 4) is 17.8 Å². The van der Waals surface area contributed by atoms with E-state index < -0.39 is 32.3 Å². The van der Waals surface area contributed by atoms with Gasteiger partial charge >= 0.3 is 0 Å². The molecule has 0 unspecified atom stereocenters. The molecule has 0 amide bonds. The van der Waals surface area contributed by atoms with Crippen molar-refractivity contribution in [3.63, 3.8) is 0 Å².